The van der Waals surface area contributed by atoms with Gasteiger partial charge in [0.1, 0.15) is 5.82 Å². The van der Waals surface area contributed by atoms with Crippen LogP contribution in [0.2, 0.25) is 0 Å². The minimum absolute atomic E-state index is 0.561. The van der Waals surface area contributed by atoms with Crippen LogP contribution < -0.4 is 15.2 Å². The summed E-state index contributed by atoms with van der Waals surface area (Å²) in [7, 11) is 3.28. The molecular formula is C19H23N3O2. The Morgan fingerprint density at radius 2 is 1.79 bits per heavy atom. The molecule has 0 aliphatic heterocycles. The minimum atomic E-state index is 0.561. The molecular weight excluding hydrogens is 302 g/mol. The van der Waals surface area contributed by atoms with Gasteiger partial charge in [-0.25, -0.2) is 4.98 Å². The highest BCUT2D eigenvalue weighted by Crippen LogP contribution is 2.33. The van der Waals surface area contributed by atoms with E-state index in [9.17, 15) is 0 Å². The lowest BCUT2D eigenvalue weighted by molar-refractivity contribution is 0.355. The Morgan fingerprint density at radius 1 is 1.08 bits per heavy atom. The SMILES string of the molecule is COc1cc2nc(CCN)n(Cc3ccccc3C)c2cc1OC. The molecule has 2 aromatic carbocycles. The Morgan fingerprint density at radius 3 is 2.46 bits per heavy atom. The maximum atomic E-state index is 5.78. The third-order valence-corrected chi connectivity index (χ3v) is 4.29. The largest absolute Gasteiger partial charge is 0.493 e. The van der Waals surface area contributed by atoms with E-state index in [4.69, 9.17) is 20.2 Å². The molecule has 0 aliphatic rings. The molecule has 0 saturated carbocycles. The van der Waals surface area contributed by atoms with Gasteiger partial charge in [0, 0.05) is 25.1 Å². The van der Waals surface area contributed by atoms with Crippen molar-refractivity contribution in [3.63, 3.8) is 0 Å². The van der Waals surface area contributed by atoms with Crippen LogP contribution in [0.4, 0.5) is 0 Å². The van der Waals surface area contributed by atoms with Crippen LogP contribution in [0.15, 0.2) is 36.4 Å². The second-order valence-corrected chi connectivity index (χ2v) is 5.78. The Balaban J connectivity index is 2.16. The van der Waals surface area contributed by atoms with Crippen LogP contribution in [-0.2, 0) is 13.0 Å². The fourth-order valence-corrected chi connectivity index (χ4v) is 2.96. The molecule has 0 atom stereocenters. The van der Waals surface area contributed by atoms with Crippen molar-refractivity contribution in [2.45, 2.75) is 19.9 Å². The van der Waals surface area contributed by atoms with E-state index in [-0.39, 0.29) is 0 Å². The van der Waals surface area contributed by atoms with Crippen molar-refractivity contribution in [3.8, 4) is 11.5 Å². The van der Waals surface area contributed by atoms with Gasteiger partial charge in [-0.15, -0.1) is 0 Å². The fourth-order valence-electron chi connectivity index (χ4n) is 2.96. The number of ether oxygens (including phenoxy) is 2. The number of nitrogens with two attached hydrogens (primary N) is 1. The molecule has 3 rings (SSSR count). The van der Waals surface area contributed by atoms with E-state index in [1.165, 1.54) is 11.1 Å². The number of aryl methyl sites for hydroxylation is 1. The number of benzene rings is 2. The second-order valence-electron chi connectivity index (χ2n) is 5.78. The molecule has 5 heteroatoms. The van der Waals surface area contributed by atoms with Crippen LogP contribution >= 0.6 is 0 Å². The van der Waals surface area contributed by atoms with E-state index in [1.54, 1.807) is 14.2 Å². The average Bonchev–Trinajstić information content (AvgIpc) is 2.92. The van der Waals surface area contributed by atoms with Gasteiger partial charge >= 0.3 is 0 Å². The monoisotopic (exact) mass is 325 g/mol. The molecule has 0 aliphatic carbocycles. The summed E-state index contributed by atoms with van der Waals surface area (Å²) in [4.78, 5) is 4.76. The van der Waals surface area contributed by atoms with E-state index in [0.29, 0.717) is 18.0 Å². The predicted molar refractivity (Wildman–Crippen MR) is 95.9 cm³/mol. The number of hydrogen-bond donors (Lipinski definition) is 1. The predicted octanol–water partition coefficient (Wildman–Crippen LogP) is 2.91. The fraction of sp³-hybridized carbons (Fsp3) is 0.316. The third-order valence-electron chi connectivity index (χ3n) is 4.29. The Kier molecular flexibility index (Phi) is 4.71. The summed E-state index contributed by atoms with van der Waals surface area (Å²) in [5.41, 5.74) is 10.2. The maximum absolute atomic E-state index is 5.78. The van der Waals surface area contributed by atoms with Crippen molar-refractivity contribution >= 4 is 11.0 Å². The Bertz CT molecular complexity index is 855. The molecule has 5 nitrogen and oxygen atoms in total. The quantitative estimate of drug-likeness (QED) is 0.757. The molecule has 24 heavy (non-hydrogen) atoms. The van der Waals surface area contributed by atoms with E-state index >= 15 is 0 Å². The highest BCUT2D eigenvalue weighted by atomic mass is 16.5. The summed E-state index contributed by atoms with van der Waals surface area (Å²) in [5.74, 6) is 2.37. The van der Waals surface area contributed by atoms with Crippen molar-refractivity contribution < 1.29 is 9.47 Å². The van der Waals surface area contributed by atoms with E-state index < -0.39 is 0 Å². The molecule has 1 aromatic heterocycles. The average molecular weight is 325 g/mol. The first kappa shape index (κ1) is 16.3. The first-order valence-electron chi connectivity index (χ1n) is 8.03. The van der Waals surface area contributed by atoms with Crippen molar-refractivity contribution in [2.75, 3.05) is 20.8 Å². The summed E-state index contributed by atoms with van der Waals surface area (Å²) < 4.78 is 13.1. The van der Waals surface area contributed by atoms with Crippen LogP contribution in [0, 0.1) is 6.92 Å². The summed E-state index contributed by atoms with van der Waals surface area (Å²) in [6, 6.07) is 12.3. The topological polar surface area (TPSA) is 62.3 Å². The molecule has 0 unspecified atom stereocenters. The second kappa shape index (κ2) is 6.93. The van der Waals surface area contributed by atoms with Gasteiger partial charge in [-0.2, -0.15) is 0 Å². The van der Waals surface area contributed by atoms with E-state index in [2.05, 4.69) is 35.8 Å². The molecule has 0 amide bonds. The zero-order chi connectivity index (χ0) is 17.1. The molecule has 0 spiro atoms. The lowest BCUT2D eigenvalue weighted by Gasteiger charge is -2.12. The van der Waals surface area contributed by atoms with Crippen LogP contribution in [0.25, 0.3) is 11.0 Å². The third kappa shape index (κ3) is 2.95. The van der Waals surface area contributed by atoms with Gasteiger partial charge in [0.15, 0.2) is 11.5 Å². The van der Waals surface area contributed by atoms with Gasteiger partial charge < -0.3 is 19.8 Å². The Hall–Kier alpha value is -2.53. The first-order valence-corrected chi connectivity index (χ1v) is 8.03. The van der Waals surface area contributed by atoms with Gasteiger partial charge in [0.2, 0.25) is 0 Å². The summed E-state index contributed by atoms with van der Waals surface area (Å²) in [5, 5.41) is 0. The van der Waals surface area contributed by atoms with Crippen LogP contribution in [-0.4, -0.2) is 30.3 Å². The lowest BCUT2D eigenvalue weighted by atomic mass is 10.1. The molecule has 3 aromatic rings. The molecule has 2 N–H and O–H groups in total. The number of hydrogen-bond acceptors (Lipinski definition) is 4. The summed E-state index contributed by atoms with van der Waals surface area (Å²) in [6.45, 7) is 3.44. The summed E-state index contributed by atoms with van der Waals surface area (Å²) in [6.07, 6.45) is 0.727. The molecule has 0 fully saturated rings. The smallest absolute Gasteiger partial charge is 0.163 e. The van der Waals surface area contributed by atoms with Gasteiger partial charge in [-0.05, 0) is 24.6 Å². The van der Waals surface area contributed by atoms with E-state index in [1.807, 2.05) is 12.1 Å². The van der Waals surface area contributed by atoms with Crippen molar-refractivity contribution in [3.05, 3.63) is 53.3 Å². The first-order chi connectivity index (χ1) is 11.7. The molecule has 0 radical (unpaired) electrons. The van der Waals surface area contributed by atoms with Crippen LogP contribution in [0.3, 0.4) is 0 Å². The number of rotatable bonds is 6. The van der Waals surface area contributed by atoms with Gasteiger partial charge in [0.05, 0.1) is 25.3 Å². The van der Waals surface area contributed by atoms with Crippen LogP contribution in [0.1, 0.15) is 17.0 Å². The number of fused-ring (bicyclic) bond motifs is 1. The summed E-state index contributed by atoms with van der Waals surface area (Å²) >= 11 is 0. The zero-order valence-corrected chi connectivity index (χ0v) is 14.4. The number of aromatic nitrogens is 2. The highest BCUT2D eigenvalue weighted by Gasteiger charge is 2.15. The molecule has 1 heterocycles. The standard InChI is InChI=1S/C19H23N3O2/c1-13-6-4-5-7-14(13)12-22-16-11-18(24-3)17(23-2)10-15(16)21-19(22)8-9-20/h4-7,10-11H,8-9,12,20H2,1-3H3. The number of nitrogens with zero attached hydrogens (tertiary/aromatic N) is 2. The number of imidazole rings is 1. The maximum Gasteiger partial charge on any atom is 0.163 e. The Labute approximate surface area is 142 Å². The van der Waals surface area contributed by atoms with Crippen LogP contribution in [0.5, 0.6) is 11.5 Å². The van der Waals surface area contributed by atoms with Gasteiger partial charge in [-0.3, -0.25) is 0 Å². The van der Waals surface area contributed by atoms with Gasteiger partial charge in [-0.1, -0.05) is 24.3 Å². The zero-order valence-electron chi connectivity index (χ0n) is 14.4. The molecule has 0 saturated heterocycles. The molecule has 0 bridgehead atoms. The minimum Gasteiger partial charge on any atom is -0.493 e. The van der Waals surface area contributed by atoms with Crippen molar-refractivity contribution in [1.29, 1.82) is 0 Å². The van der Waals surface area contributed by atoms with Crippen molar-refractivity contribution in [2.24, 2.45) is 5.73 Å². The van der Waals surface area contributed by atoms with Crippen molar-refractivity contribution in [1.82, 2.24) is 9.55 Å². The lowest BCUT2D eigenvalue weighted by Crippen LogP contribution is -2.11. The van der Waals surface area contributed by atoms with E-state index in [0.717, 1.165) is 29.8 Å². The normalized spacial score (nSPS) is 11.0. The highest BCUT2D eigenvalue weighted by molar-refractivity contribution is 5.81. The molecule has 126 valence electrons. The van der Waals surface area contributed by atoms with Gasteiger partial charge in [0.25, 0.3) is 0 Å². The number of methoxy groups -OCH3 is 2.